The molecule has 0 spiro atoms. The Bertz CT molecular complexity index is 1310. The molecule has 4 aromatic rings. The molecule has 4 rings (SSSR count). The summed E-state index contributed by atoms with van der Waals surface area (Å²) in [6.07, 6.45) is 0.286. The number of nitrogens with zero attached hydrogens (tertiary/aromatic N) is 3. The van der Waals surface area contributed by atoms with Crippen molar-refractivity contribution in [2.75, 3.05) is 37.6 Å². The van der Waals surface area contributed by atoms with Crippen LogP contribution >= 0.6 is 0 Å². The fourth-order valence-corrected chi connectivity index (χ4v) is 3.85. The van der Waals surface area contributed by atoms with Gasteiger partial charge in [0.2, 0.25) is 0 Å². The van der Waals surface area contributed by atoms with E-state index in [2.05, 4.69) is 32.3 Å². The molecule has 1 aromatic heterocycles. The van der Waals surface area contributed by atoms with Crippen molar-refractivity contribution in [3.63, 3.8) is 0 Å². The Balaban J connectivity index is 1.67. The Hall–Kier alpha value is -4.59. The number of nitrogens with one attached hydrogen (secondary N) is 1. The van der Waals surface area contributed by atoms with Crippen molar-refractivity contribution < 1.29 is 19.0 Å². The molecule has 0 aliphatic rings. The SMILES string of the molecule is CCOC(=O)Nc1cccc(-c2cc(N(CCc3ccc(OC)cc3)c3ccccc3)nc(OC)n2)c1. The van der Waals surface area contributed by atoms with Gasteiger partial charge in [-0.25, -0.2) is 4.79 Å². The van der Waals surface area contributed by atoms with Crippen LogP contribution in [0.25, 0.3) is 11.3 Å². The van der Waals surface area contributed by atoms with Gasteiger partial charge in [0.15, 0.2) is 0 Å². The van der Waals surface area contributed by atoms with E-state index in [4.69, 9.17) is 14.2 Å². The molecular formula is C29H30N4O4. The van der Waals surface area contributed by atoms with Gasteiger partial charge in [0, 0.05) is 29.5 Å². The fraction of sp³-hybridized carbons (Fsp3) is 0.207. The lowest BCUT2D eigenvalue weighted by molar-refractivity contribution is 0.168. The third-order valence-corrected chi connectivity index (χ3v) is 5.68. The van der Waals surface area contributed by atoms with E-state index in [1.807, 2.05) is 66.7 Å². The van der Waals surface area contributed by atoms with Gasteiger partial charge in [0.1, 0.15) is 11.6 Å². The first-order valence-electron chi connectivity index (χ1n) is 12.0. The second-order valence-corrected chi connectivity index (χ2v) is 8.11. The zero-order chi connectivity index (χ0) is 26.0. The molecule has 3 aromatic carbocycles. The molecule has 0 atom stereocenters. The van der Waals surface area contributed by atoms with E-state index in [0.717, 1.165) is 23.4 Å². The van der Waals surface area contributed by atoms with Gasteiger partial charge in [0.05, 0.1) is 26.5 Å². The van der Waals surface area contributed by atoms with E-state index < -0.39 is 6.09 Å². The average Bonchev–Trinajstić information content (AvgIpc) is 2.94. The average molecular weight is 499 g/mol. The van der Waals surface area contributed by atoms with Crippen LogP contribution < -0.4 is 19.7 Å². The molecule has 1 amide bonds. The van der Waals surface area contributed by atoms with Crippen LogP contribution in [0.5, 0.6) is 11.8 Å². The third-order valence-electron chi connectivity index (χ3n) is 5.68. The van der Waals surface area contributed by atoms with Crippen molar-refractivity contribution in [3.8, 4) is 23.0 Å². The summed E-state index contributed by atoms with van der Waals surface area (Å²) in [5, 5.41) is 2.74. The van der Waals surface area contributed by atoms with Crippen LogP contribution in [0.15, 0.2) is 84.9 Å². The molecule has 37 heavy (non-hydrogen) atoms. The summed E-state index contributed by atoms with van der Waals surface area (Å²) in [5.74, 6) is 1.53. The van der Waals surface area contributed by atoms with Crippen molar-refractivity contribution in [1.29, 1.82) is 0 Å². The highest BCUT2D eigenvalue weighted by molar-refractivity contribution is 5.85. The number of benzene rings is 3. The Labute approximate surface area is 216 Å². The number of hydrogen-bond acceptors (Lipinski definition) is 7. The van der Waals surface area contributed by atoms with E-state index in [1.165, 1.54) is 5.56 Å². The predicted octanol–water partition coefficient (Wildman–Crippen LogP) is 6.11. The summed E-state index contributed by atoms with van der Waals surface area (Å²) in [7, 11) is 3.21. The van der Waals surface area contributed by atoms with Gasteiger partial charge < -0.3 is 19.1 Å². The molecule has 0 saturated heterocycles. The molecule has 1 heterocycles. The topological polar surface area (TPSA) is 85.8 Å². The van der Waals surface area contributed by atoms with Crippen molar-refractivity contribution in [1.82, 2.24) is 9.97 Å². The number of ether oxygens (including phenoxy) is 3. The summed E-state index contributed by atoms with van der Waals surface area (Å²) < 4.78 is 15.7. The number of amides is 1. The molecule has 8 nitrogen and oxygen atoms in total. The Morgan fingerprint density at radius 1 is 0.892 bits per heavy atom. The number of para-hydroxylation sites is 1. The molecule has 0 aliphatic heterocycles. The van der Waals surface area contributed by atoms with E-state index in [9.17, 15) is 4.79 Å². The van der Waals surface area contributed by atoms with E-state index >= 15 is 0 Å². The monoisotopic (exact) mass is 498 g/mol. The maximum absolute atomic E-state index is 11.9. The largest absolute Gasteiger partial charge is 0.497 e. The first kappa shape index (κ1) is 25.5. The minimum Gasteiger partial charge on any atom is -0.497 e. The second-order valence-electron chi connectivity index (χ2n) is 8.11. The lowest BCUT2D eigenvalue weighted by Gasteiger charge is -2.25. The maximum Gasteiger partial charge on any atom is 0.411 e. The van der Waals surface area contributed by atoms with Gasteiger partial charge in [-0.2, -0.15) is 9.97 Å². The first-order valence-corrected chi connectivity index (χ1v) is 12.0. The number of carbonyl (C=O) groups is 1. The summed E-state index contributed by atoms with van der Waals surface area (Å²) >= 11 is 0. The number of carbonyl (C=O) groups excluding carboxylic acids is 1. The lowest BCUT2D eigenvalue weighted by atomic mass is 10.1. The second kappa shape index (κ2) is 12.4. The van der Waals surface area contributed by atoms with Crippen molar-refractivity contribution in [3.05, 3.63) is 90.5 Å². The summed E-state index contributed by atoms with van der Waals surface area (Å²) in [6.45, 7) is 2.74. The molecule has 190 valence electrons. The Morgan fingerprint density at radius 3 is 2.38 bits per heavy atom. The van der Waals surface area contributed by atoms with Crippen LogP contribution in [0.3, 0.4) is 0 Å². The summed E-state index contributed by atoms with van der Waals surface area (Å²) in [4.78, 5) is 23.3. The summed E-state index contributed by atoms with van der Waals surface area (Å²) in [6, 6.07) is 27.7. The standard InChI is InChI=1S/C29H30N4O4/c1-4-37-29(34)30-23-10-8-9-22(19-23)26-20-27(32-28(31-26)36-3)33(24-11-6-5-7-12-24)18-17-21-13-15-25(35-2)16-14-21/h5-16,19-20H,4,17-18H2,1-3H3,(H,30,34). The fourth-order valence-electron chi connectivity index (χ4n) is 3.85. The predicted molar refractivity (Wildman–Crippen MR) is 145 cm³/mol. The van der Waals surface area contributed by atoms with Crippen LogP contribution in [0.1, 0.15) is 12.5 Å². The normalized spacial score (nSPS) is 10.5. The van der Waals surface area contributed by atoms with Crippen LogP contribution in [0, 0.1) is 0 Å². The van der Waals surface area contributed by atoms with Crippen LogP contribution in [0.4, 0.5) is 22.0 Å². The molecule has 0 bridgehead atoms. The van der Waals surface area contributed by atoms with Crippen LogP contribution in [0.2, 0.25) is 0 Å². The Kier molecular flexibility index (Phi) is 8.54. The van der Waals surface area contributed by atoms with Gasteiger partial charge >= 0.3 is 12.1 Å². The number of aromatic nitrogens is 2. The number of anilines is 3. The highest BCUT2D eigenvalue weighted by Crippen LogP contribution is 2.30. The molecule has 1 N–H and O–H groups in total. The Morgan fingerprint density at radius 2 is 1.68 bits per heavy atom. The highest BCUT2D eigenvalue weighted by atomic mass is 16.5. The van der Waals surface area contributed by atoms with Crippen LogP contribution in [-0.2, 0) is 11.2 Å². The number of rotatable bonds is 10. The highest BCUT2D eigenvalue weighted by Gasteiger charge is 2.16. The minimum absolute atomic E-state index is 0.252. The zero-order valence-electron chi connectivity index (χ0n) is 21.2. The zero-order valence-corrected chi connectivity index (χ0v) is 21.2. The molecule has 8 heteroatoms. The number of hydrogen-bond donors (Lipinski definition) is 1. The quantitative estimate of drug-likeness (QED) is 0.282. The molecular weight excluding hydrogens is 468 g/mol. The van der Waals surface area contributed by atoms with Gasteiger partial charge in [-0.3, -0.25) is 5.32 Å². The van der Waals surface area contributed by atoms with E-state index in [0.29, 0.717) is 30.4 Å². The summed E-state index contributed by atoms with van der Waals surface area (Å²) in [5.41, 5.74) is 4.26. The lowest BCUT2D eigenvalue weighted by Crippen LogP contribution is -2.21. The third kappa shape index (κ3) is 6.76. The smallest absolute Gasteiger partial charge is 0.411 e. The van der Waals surface area contributed by atoms with Gasteiger partial charge in [-0.15, -0.1) is 0 Å². The van der Waals surface area contributed by atoms with Crippen molar-refractivity contribution >= 4 is 23.3 Å². The van der Waals surface area contributed by atoms with Crippen LogP contribution in [-0.4, -0.2) is 43.4 Å². The molecule has 0 fully saturated rings. The maximum atomic E-state index is 11.9. The first-order chi connectivity index (χ1) is 18.1. The molecule has 0 aliphatic carbocycles. The van der Waals surface area contributed by atoms with Gasteiger partial charge in [0.25, 0.3) is 0 Å². The minimum atomic E-state index is -0.505. The van der Waals surface area contributed by atoms with E-state index in [-0.39, 0.29) is 6.01 Å². The van der Waals surface area contributed by atoms with Gasteiger partial charge in [-0.05, 0) is 55.3 Å². The molecule has 0 radical (unpaired) electrons. The van der Waals surface area contributed by atoms with E-state index in [1.54, 1.807) is 27.2 Å². The van der Waals surface area contributed by atoms with Crippen molar-refractivity contribution in [2.45, 2.75) is 13.3 Å². The molecule has 0 saturated carbocycles. The van der Waals surface area contributed by atoms with Crippen molar-refractivity contribution in [2.24, 2.45) is 0 Å². The number of methoxy groups -OCH3 is 2. The molecule has 0 unspecified atom stereocenters. The van der Waals surface area contributed by atoms with Gasteiger partial charge in [-0.1, -0.05) is 42.5 Å².